The van der Waals surface area contributed by atoms with Gasteiger partial charge in [-0.2, -0.15) is 4.31 Å². The van der Waals surface area contributed by atoms with Gasteiger partial charge >= 0.3 is 0 Å². The Kier molecular flexibility index (Phi) is 5.53. The van der Waals surface area contributed by atoms with Gasteiger partial charge in [0.25, 0.3) is 0 Å². The fourth-order valence-electron chi connectivity index (χ4n) is 3.31. The number of hydrogen-bond acceptors (Lipinski definition) is 4. The highest BCUT2D eigenvalue weighted by atomic mass is 32.2. The normalized spacial score (nSPS) is 16.2. The molecule has 0 aliphatic carbocycles. The van der Waals surface area contributed by atoms with Crippen molar-refractivity contribution in [1.29, 1.82) is 0 Å². The molecule has 1 aliphatic rings. The second-order valence-corrected chi connectivity index (χ2v) is 8.89. The molecule has 1 amide bonds. The number of sulfonamides is 1. The first kappa shape index (κ1) is 19.4. The van der Waals surface area contributed by atoms with E-state index in [-0.39, 0.29) is 17.6 Å². The van der Waals surface area contributed by atoms with Crippen LogP contribution in [0.4, 0.5) is 5.69 Å². The maximum Gasteiger partial charge on any atom is 0.243 e. The summed E-state index contributed by atoms with van der Waals surface area (Å²) in [5.74, 6) is -0.316. The minimum Gasteiger partial charge on any atom is -0.508 e. The van der Waals surface area contributed by atoms with E-state index >= 15 is 0 Å². The van der Waals surface area contributed by atoms with Gasteiger partial charge in [-0.25, -0.2) is 8.42 Å². The van der Waals surface area contributed by atoms with Crippen LogP contribution in [0.25, 0.3) is 0 Å². The van der Waals surface area contributed by atoms with Crippen molar-refractivity contribution in [2.24, 2.45) is 5.92 Å². The van der Waals surface area contributed by atoms with Crippen LogP contribution in [0, 0.1) is 19.8 Å². The number of rotatable bonds is 4. The van der Waals surface area contributed by atoms with Crippen LogP contribution in [0.3, 0.4) is 0 Å². The second-order valence-electron chi connectivity index (χ2n) is 6.99. The smallest absolute Gasteiger partial charge is 0.243 e. The van der Waals surface area contributed by atoms with Crippen molar-refractivity contribution >= 4 is 21.6 Å². The molecule has 0 bridgehead atoms. The lowest BCUT2D eigenvalue weighted by Crippen LogP contribution is -2.41. The van der Waals surface area contributed by atoms with Gasteiger partial charge in [0.2, 0.25) is 15.9 Å². The van der Waals surface area contributed by atoms with Crippen LogP contribution in [0.2, 0.25) is 0 Å². The van der Waals surface area contributed by atoms with Gasteiger partial charge in [-0.1, -0.05) is 18.2 Å². The number of phenolic OH excluding ortho intramolecular Hbond substituents is 1. The average Bonchev–Trinajstić information content (AvgIpc) is 2.63. The quantitative estimate of drug-likeness (QED) is 0.843. The molecule has 0 atom stereocenters. The Labute approximate surface area is 159 Å². The standard InChI is InChI=1S/C20H24N2O4S/c1-14-6-7-15(2)19(12-14)27(25,26)22-10-8-16(9-11-22)20(24)21-17-4-3-5-18(23)13-17/h3-7,12-13,16,23H,8-11H2,1-2H3,(H,21,24). The third-order valence-corrected chi connectivity index (χ3v) is 6.94. The Morgan fingerprint density at radius 2 is 1.81 bits per heavy atom. The molecule has 3 rings (SSSR count). The third-order valence-electron chi connectivity index (χ3n) is 4.90. The van der Waals surface area contributed by atoms with Crippen LogP contribution >= 0.6 is 0 Å². The lowest BCUT2D eigenvalue weighted by Gasteiger charge is -2.31. The number of benzene rings is 2. The van der Waals surface area contributed by atoms with Gasteiger partial charge in [0.15, 0.2) is 0 Å². The molecule has 1 heterocycles. The van der Waals surface area contributed by atoms with Gasteiger partial charge in [0.1, 0.15) is 5.75 Å². The van der Waals surface area contributed by atoms with Crippen LogP contribution in [0.15, 0.2) is 47.4 Å². The molecular formula is C20H24N2O4S. The number of piperidine rings is 1. The van der Waals surface area contributed by atoms with E-state index in [1.165, 1.54) is 16.4 Å². The maximum absolute atomic E-state index is 13.0. The van der Waals surface area contributed by atoms with E-state index < -0.39 is 10.0 Å². The Morgan fingerprint density at radius 3 is 2.48 bits per heavy atom. The number of aromatic hydroxyl groups is 1. The summed E-state index contributed by atoms with van der Waals surface area (Å²) in [5, 5.41) is 12.3. The zero-order valence-electron chi connectivity index (χ0n) is 15.5. The first-order valence-corrected chi connectivity index (χ1v) is 10.4. The van der Waals surface area contributed by atoms with Gasteiger partial charge in [0.05, 0.1) is 4.90 Å². The van der Waals surface area contributed by atoms with Crippen LogP contribution in [0.1, 0.15) is 24.0 Å². The molecule has 0 radical (unpaired) electrons. The fraction of sp³-hybridized carbons (Fsp3) is 0.350. The first-order chi connectivity index (χ1) is 12.8. The van der Waals surface area contributed by atoms with Crippen molar-refractivity contribution in [2.75, 3.05) is 18.4 Å². The van der Waals surface area contributed by atoms with Crippen molar-refractivity contribution in [3.63, 3.8) is 0 Å². The second kappa shape index (κ2) is 7.70. The van der Waals surface area contributed by atoms with Gasteiger partial charge in [0, 0.05) is 30.8 Å². The summed E-state index contributed by atoms with van der Waals surface area (Å²) in [7, 11) is -3.56. The average molecular weight is 388 g/mol. The van der Waals surface area contributed by atoms with E-state index in [4.69, 9.17) is 0 Å². The summed E-state index contributed by atoms with van der Waals surface area (Å²) in [6.45, 7) is 4.29. The molecule has 6 nitrogen and oxygen atoms in total. The van der Waals surface area contributed by atoms with E-state index in [0.29, 0.717) is 36.5 Å². The molecular weight excluding hydrogens is 364 g/mol. The largest absolute Gasteiger partial charge is 0.508 e. The number of hydrogen-bond donors (Lipinski definition) is 2. The Bertz CT molecular complexity index is 948. The van der Waals surface area contributed by atoms with E-state index in [2.05, 4.69) is 5.32 Å². The SMILES string of the molecule is Cc1ccc(C)c(S(=O)(=O)N2CCC(C(=O)Nc3cccc(O)c3)CC2)c1. The number of carbonyl (C=O) groups is 1. The molecule has 0 spiro atoms. The van der Waals surface area contributed by atoms with Gasteiger partial charge in [-0.3, -0.25) is 4.79 Å². The molecule has 1 fully saturated rings. The lowest BCUT2D eigenvalue weighted by atomic mass is 9.97. The maximum atomic E-state index is 13.0. The molecule has 0 saturated carbocycles. The lowest BCUT2D eigenvalue weighted by molar-refractivity contribution is -0.120. The monoisotopic (exact) mass is 388 g/mol. The Hall–Kier alpha value is -2.38. The zero-order valence-corrected chi connectivity index (χ0v) is 16.3. The molecule has 1 aliphatic heterocycles. The summed E-state index contributed by atoms with van der Waals surface area (Å²) in [6.07, 6.45) is 0.934. The molecule has 2 aromatic carbocycles. The molecule has 144 valence electrons. The van der Waals surface area contributed by atoms with Crippen molar-refractivity contribution in [2.45, 2.75) is 31.6 Å². The predicted molar refractivity (Wildman–Crippen MR) is 104 cm³/mol. The van der Waals surface area contributed by atoms with Crippen molar-refractivity contribution in [3.8, 4) is 5.75 Å². The topological polar surface area (TPSA) is 86.7 Å². The molecule has 2 aromatic rings. The number of nitrogens with zero attached hydrogens (tertiary/aromatic N) is 1. The predicted octanol–water partition coefficient (Wildman–Crippen LogP) is 3.05. The first-order valence-electron chi connectivity index (χ1n) is 8.94. The van der Waals surface area contributed by atoms with Gasteiger partial charge in [-0.05, 0) is 56.0 Å². The summed E-state index contributed by atoms with van der Waals surface area (Å²) < 4.78 is 27.4. The van der Waals surface area contributed by atoms with Crippen LogP contribution in [0.5, 0.6) is 5.75 Å². The summed E-state index contributed by atoms with van der Waals surface area (Å²) >= 11 is 0. The Balaban J connectivity index is 1.66. The molecule has 27 heavy (non-hydrogen) atoms. The van der Waals surface area contributed by atoms with Gasteiger partial charge in [-0.15, -0.1) is 0 Å². The minimum atomic E-state index is -3.56. The number of phenols is 1. The molecule has 1 saturated heterocycles. The highest BCUT2D eigenvalue weighted by Gasteiger charge is 2.32. The highest BCUT2D eigenvalue weighted by molar-refractivity contribution is 7.89. The Morgan fingerprint density at radius 1 is 1.11 bits per heavy atom. The van der Waals surface area contributed by atoms with Crippen molar-refractivity contribution in [3.05, 3.63) is 53.6 Å². The summed E-state index contributed by atoms with van der Waals surface area (Å²) in [5.41, 5.74) is 2.16. The van der Waals surface area contributed by atoms with E-state index in [1.807, 2.05) is 19.1 Å². The fourth-order valence-corrected chi connectivity index (χ4v) is 5.09. The van der Waals surface area contributed by atoms with E-state index in [9.17, 15) is 18.3 Å². The number of amides is 1. The van der Waals surface area contributed by atoms with Crippen LogP contribution in [-0.2, 0) is 14.8 Å². The molecule has 0 unspecified atom stereocenters. The van der Waals surface area contributed by atoms with E-state index in [0.717, 1.165) is 11.1 Å². The number of aryl methyl sites for hydroxylation is 2. The third kappa shape index (κ3) is 4.31. The number of carbonyl (C=O) groups excluding carboxylic acids is 1. The van der Waals surface area contributed by atoms with Crippen molar-refractivity contribution < 1.29 is 18.3 Å². The van der Waals surface area contributed by atoms with E-state index in [1.54, 1.807) is 25.1 Å². The summed E-state index contributed by atoms with van der Waals surface area (Å²) in [4.78, 5) is 12.8. The molecule has 2 N–H and O–H groups in total. The van der Waals surface area contributed by atoms with Crippen molar-refractivity contribution in [1.82, 2.24) is 4.31 Å². The number of anilines is 1. The minimum absolute atomic E-state index is 0.0854. The van der Waals surface area contributed by atoms with Crippen LogP contribution in [-0.4, -0.2) is 36.8 Å². The molecule has 7 heteroatoms. The zero-order chi connectivity index (χ0) is 19.6. The van der Waals surface area contributed by atoms with Crippen LogP contribution < -0.4 is 5.32 Å². The highest BCUT2D eigenvalue weighted by Crippen LogP contribution is 2.27. The molecule has 0 aromatic heterocycles. The summed E-state index contributed by atoms with van der Waals surface area (Å²) in [6, 6.07) is 11.8. The number of nitrogens with one attached hydrogen (secondary N) is 1. The van der Waals surface area contributed by atoms with Gasteiger partial charge < -0.3 is 10.4 Å².